The van der Waals surface area contributed by atoms with Gasteiger partial charge in [0.1, 0.15) is 5.69 Å². The summed E-state index contributed by atoms with van der Waals surface area (Å²) in [5.74, 6) is 0. The Morgan fingerprint density at radius 1 is 0.808 bits per heavy atom. The van der Waals surface area contributed by atoms with E-state index in [1.807, 2.05) is 30.3 Å². The monoisotopic (exact) mass is 342 g/mol. The number of anilines is 1. The van der Waals surface area contributed by atoms with E-state index >= 15 is 0 Å². The van der Waals surface area contributed by atoms with Gasteiger partial charge in [-0.25, -0.2) is 0 Å². The molecule has 0 amide bonds. The number of fused-ring (bicyclic) bond motifs is 2. The van der Waals surface area contributed by atoms with Crippen LogP contribution in [0.5, 0.6) is 0 Å². The van der Waals surface area contributed by atoms with Crippen LogP contribution < -0.4 is 5.73 Å². The highest BCUT2D eigenvalue weighted by Gasteiger charge is 2.07. The van der Waals surface area contributed by atoms with Crippen molar-refractivity contribution in [1.29, 1.82) is 0 Å². The topological polar surface area (TPSA) is 93.9 Å². The van der Waals surface area contributed by atoms with Gasteiger partial charge in [0.25, 0.3) is 5.69 Å². The number of nitrogens with two attached hydrogens (primary N) is 1. The Bertz CT molecular complexity index is 1170. The summed E-state index contributed by atoms with van der Waals surface area (Å²) < 4.78 is 0. The second-order valence-corrected chi connectivity index (χ2v) is 5.90. The molecule has 4 aromatic rings. The summed E-state index contributed by atoms with van der Waals surface area (Å²) in [7, 11) is 0. The van der Waals surface area contributed by atoms with Crippen LogP contribution in [-0.2, 0) is 0 Å². The van der Waals surface area contributed by atoms with Crippen molar-refractivity contribution in [3.05, 3.63) is 82.9 Å². The maximum Gasteiger partial charge on any atom is 0.269 e. The average Bonchev–Trinajstić information content (AvgIpc) is 2.66. The first-order valence-electron chi connectivity index (χ1n) is 7.99. The molecule has 0 unspecified atom stereocenters. The summed E-state index contributed by atoms with van der Waals surface area (Å²) in [5.41, 5.74) is 7.77. The number of nitro groups is 1. The second kappa shape index (κ2) is 6.25. The van der Waals surface area contributed by atoms with Gasteiger partial charge in [-0.1, -0.05) is 30.3 Å². The minimum Gasteiger partial charge on any atom is -0.397 e. The highest BCUT2D eigenvalue weighted by Crippen LogP contribution is 2.36. The number of non-ortho nitro benzene ring substituents is 1. The summed E-state index contributed by atoms with van der Waals surface area (Å²) in [6.45, 7) is 0. The molecule has 6 nitrogen and oxygen atoms in total. The molecule has 0 aliphatic heterocycles. The van der Waals surface area contributed by atoms with Crippen LogP contribution in [0.3, 0.4) is 0 Å². The quantitative estimate of drug-likeness (QED) is 0.165. The lowest BCUT2D eigenvalue weighted by atomic mass is 10.0. The predicted octanol–water partition coefficient (Wildman–Crippen LogP) is 5.90. The molecule has 0 aliphatic carbocycles. The lowest BCUT2D eigenvalue weighted by Crippen LogP contribution is -1.87. The maximum absolute atomic E-state index is 10.7. The van der Waals surface area contributed by atoms with E-state index in [4.69, 9.17) is 5.73 Å². The molecule has 0 heterocycles. The molecular weight excluding hydrogens is 328 g/mol. The molecule has 0 atom stereocenters. The highest BCUT2D eigenvalue weighted by atomic mass is 16.6. The smallest absolute Gasteiger partial charge is 0.269 e. The predicted molar refractivity (Wildman–Crippen MR) is 103 cm³/mol. The average molecular weight is 342 g/mol. The van der Waals surface area contributed by atoms with Gasteiger partial charge < -0.3 is 5.73 Å². The van der Waals surface area contributed by atoms with E-state index in [9.17, 15) is 10.1 Å². The minimum atomic E-state index is -0.450. The van der Waals surface area contributed by atoms with E-state index in [2.05, 4.69) is 22.4 Å². The summed E-state index contributed by atoms with van der Waals surface area (Å²) in [6, 6.07) is 21.9. The van der Waals surface area contributed by atoms with Crippen molar-refractivity contribution in [2.75, 3.05) is 5.73 Å². The summed E-state index contributed by atoms with van der Waals surface area (Å²) in [5, 5.41) is 23.4. The fourth-order valence-corrected chi connectivity index (χ4v) is 2.88. The lowest BCUT2D eigenvalue weighted by Gasteiger charge is -2.07. The van der Waals surface area contributed by atoms with Gasteiger partial charge in [0, 0.05) is 17.5 Å². The number of nitrogens with zero attached hydrogens (tertiary/aromatic N) is 3. The standard InChI is InChI=1S/C20H14N4O2/c21-19-10-5-15-11-13-3-1-2-4-14(13)12-18(15)20(19)23-22-16-6-8-17(9-7-16)24(25)26/h1-12H,21H2. The highest BCUT2D eigenvalue weighted by molar-refractivity contribution is 6.05. The molecule has 2 N–H and O–H groups in total. The van der Waals surface area contributed by atoms with Gasteiger partial charge in [-0.15, -0.1) is 5.11 Å². The molecule has 126 valence electrons. The van der Waals surface area contributed by atoms with Gasteiger partial charge in [-0.2, -0.15) is 5.11 Å². The zero-order valence-corrected chi connectivity index (χ0v) is 13.7. The zero-order chi connectivity index (χ0) is 18.1. The molecule has 0 aromatic heterocycles. The molecule has 6 heteroatoms. The molecule has 26 heavy (non-hydrogen) atoms. The largest absolute Gasteiger partial charge is 0.397 e. The van der Waals surface area contributed by atoms with Crippen molar-refractivity contribution in [3.8, 4) is 0 Å². The van der Waals surface area contributed by atoms with Crippen LogP contribution in [0.2, 0.25) is 0 Å². The Morgan fingerprint density at radius 3 is 2.19 bits per heavy atom. The van der Waals surface area contributed by atoms with E-state index in [0.717, 1.165) is 21.5 Å². The lowest BCUT2D eigenvalue weighted by molar-refractivity contribution is -0.384. The van der Waals surface area contributed by atoms with E-state index < -0.39 is 4.92 Å². The first-order valence-corrected chi connectivity index (χ1v) is 7.99. The van der Waals surface area contributed by atoms with E-state index in [1.165, 1.54) is 12.1 Å². The number of rotatable bonds is 3. The van der Waals surface area contributed by atoms with E-state index in [0.29, 0.717) is 17.1 Å². The van der Waals surface area contributed by atoms with Gasteiger partial charge in [0.15, 0.2) is 0 Å². The molecule has 0 saturated carbocycles. The van der Waals surface area contributed by atoms with Gasteiger partial charge in [-0.3, -0.25) is 10.1 Å². The molecule has 0 fully saturated rings. The number of nitro benzene ring substituents is 1. The Balaban J connectivity index is 1.80. The third kappa shape index (κ3) is 2.84. The van der Waals surface area contributed by atoms with Crippen LogP contribution in [0, 0.1) is 10.1 Å². The fourth-order valence-electron chi connectivity index (χ4n) is 2.88. The van der Waals surface area contributed by atoms with Crippen LogP contribution in [0.1, 0.15) is 0 Å². The number of hydrogen-bond acceptors (Lipinski definition) is 5. The molecular formula is C20H14N4O2. The molecule has 0 aliphatic rings. The molecule has 4 aromatic carbocycles. The van der Waals surface area contributed by atoms with Crippen LogP contribution >= 0.6 is 0 Å². The van der Waals surface area contributed by atoms with Crippen molar-refractivity contribution in [2.45, 2.75) is 0 Å². The minimum absolute atomic E-state index is 0.0140. The number of hydrogen-bond donors (Lipinski definition) is 1. The van der Waals surface area contributed by atoms with Crippen molar-refractivity contribution < 1.29 is 4.92 Å². The van der Waals surface area contributed by atoms with Crippen molar-refractivity contribution >= 4 is 44.3 Å². The van der Waals surface area contributed by atoms with Crippen molar-refractivity contribution in [1.82, 2.24) is 0 Å². The van der Waals surface area contributed by atoms with Crippen molar-refractivity contribution in [3.63, 3.8) is 0 Å². The third-order valence-corrected chi connectivity index (χ3v) is 4.21. The van der Waals surface area contributed by atoms with E-state index in [-0.39, 0.29) is 5.69 Å². The Labute approximate surface area is 148 Å². The Kier molecular flexibility index (Phi) is 3.78. The first kappa shape index (κ1) is 15.7. The molecule has 0 radical (unpaired) electrons. The summed E-state index contributed by atoms with van der Waals surface area (Å²) in [6.07, 6.45) is 0. The van der Waals surface area contributed by atoms with Gasteiger partial charge in [0.2, 0.25) is 0 Å². The zero-order valence-electron chi connectivity index (χ0n) is 13.7. The van der Waals surface area contributed by atoms with Gasteiger partial charge >= 0.3 is 0 Å². The van der Waals surface area contributed by atoms with E-state index in [1.54, 1.807) is 18.2 Å². The molecule has 0 bridgehead atoms. The van der Waals surface area contributed by atoms with Crippen LogP contribution in [0.4, 0.5) is 22.7 Å². The summed E-state index contributed by atoms with van der Waals surface area (Å²) in [4.78, 5) is 10.3. The van der Waals surface area contributed by atoms with Crippen molar-refractivity contribution in [2.24, 2.45) is 10.2 Å². The SMILES string of the molecule is Nc1ccc2cc3ccccc3cc2c1N=Nc1ccc([N+](=O)[O-])cc1. The molecule has 0 saturated heterocycles. The number of benzene rings is 4. The Morgan fingerprint density at radius 2 is 1.50 bits per heavy atom. The van der Waals surface area contributed by atoms with Crippen LogP contribution in [-0.4, -0.2) is 4.92 Å². The molecule has 4 rings (SSSR count). The van der Waals surface area contributed by atoms with Gasteiger partial charge in [0.05, 0.1) is 16.3 Å². The molecule has 0 spiro atoms. The Hall–Kier alpha value is -3.80. The first-order chi connectivity index (χ1) is 12.6. The third-order valence-electron chi connectivity index (χ3n) is 4.21. The summed E-state index contributed by atoms with van der Waals surface area (Å²) >= 11 is 0. The maximum atomic E-state index is 10.7. The number of nitrogen functional groups attached to an aromatic ring is 1. The fraction of sp³-hybridized carbons (Fsp3) is 0. The second-order valence-electron chi connectivity index (χ2n) is 5.90. The van der Waals surface area contributed by atoms with Crippen LogP contribution in [0.25, 0.3) is 21.5 Å². The normalized spacial score (nSPS) is 11.4. The number of azo groups is 1. The van der Waals surface area contributed by atoms with Gasteiger partial charge in [-0.05, 0) is 46.5 Å². The van der Waals surface area contributed by atoms with Crippen LogP contribution in [0.15, 0.2) is 83.0 Å².